The van der Waals surface area contributed by atoms with Crippen LogP contribution in [0.4, 0.5) is 19.1 Å². The fraction of sp³-hybridized carbons (Fsp3) is 0.308. The van der Waals surface area contributed by atoms with Crippen molar-refractivity contribution < 1.29 is 17.9 Å². The second-order valence-corrected chi connectivity index (χ2v) is 4.09. The molecule has 5 nitrogen and oxygen atoms in total. The molecule has 2 aromatic rings. The van der Waals surface area contributed by atoms with Crippen molar-refractivity contribution in [2.45, 2.75) is 13.3 Å². The van der Waals surface area contributed by atoms with E-state index in [-0.39, 0.29) is 23.3 Å². The van der Waals surface area contributed by atoms with Gasteiger partial charge in [-0.3, -0.25) is 0 Å². The van der Waals surface area contributed by atoms with Crippen LogP contribution in [0.15, 0.2) is 12.1 Å². The highest BCUT2D eigenvalue weighted by atomic mass is 19.2. The third kappa shape index (κ3) is 3.21. The van der Waals surface area contributed by atoms with Crippen LogP contribution in [0, 0.1) is 17.5 Å². The van der Waals surface area contributed by atoms with E-state index >= 15 is 0 Å². The molecule has 0 spiro atoms. The van der Waals surface area contributed by atoms with Crippen molar-refractivity contribution >= 4 is 5.95 Å². The largest absolute Gasteiger partial charge is 0.463 e. The van der Waals surface area contributed by atoms with E-state index in [9.17, 15) is 13.2 Å². The minimum atomic E-state index is -1.57. The van der Waals surface area contributed by atoms with Crippen LogP contribution in [-0.4, -0.2) is 28.6 Å². The zero-order valence-corrected chi connectivity index (χ0v) is 11.5. The molecule has 2 rings (SSSR count). The number of rotatable bonds is 5. The summed E-state index contributed by atoms with van der Waals surface area (Å²) in [5.41, 5.74) is -0.269. The predicted molar refractivity (Wildman–Crippen MR) is 70.5 cm³/mol. The van der Waals surface area contributed by atoms with Gasteiger partial charge in [0, 0.05) is 7.05 Å². The van der Waals surface area contributed by atoms with Crippen LogP contribution in [-0.2, 0) is 0 Å². The third-order valence-corrected chi connectivity index (χ3v) is 2.55. The summed E-state index contributed by atoms with van der Waals surface area (Å²) in [5.74, 6) is -4.21. The Morgan fingerprint density at radius 3 is 2.52 bits per heavy atom. The van der Waals surface area contributed by atoms with Gasteiger partial charge in [-0.05, 0) is 18.6 Å². The summed E-state index contributed by atoms with van der Waals surface area (Å²) in [6.45, 7) is 2.27. The lowest BCUT2D eigenvalue weighted by Crippen LogP contribution is -2.07. The zero-order valence-electron chi connectivity index (χ0n) is 11.5. The van der Waals surface area contributed by atoms with Gasteiger partial charge in [0.25, 0.3) is 0 Å². The maximum atomic E-state index is 13.8. The first-order valence-corrected chi connectivity index (χ1v) is 6.27. The first-order chi connectivity index (χ1) is 10.1. The van der Waals surface area contributed by atoms with E-state index in [4.69, 9.17) is 4.74 Å². The van der Waals surface area contributed by atoms with Crippen molar-refractivity contribution in [3.8, 4) is 17.4 Å². The molecule has 0 unspecified atom stereocenters. The number of halogens is 3. The monoisotopic (exact) mass is 298 g/mol. The van der Waals surface area contributed by atoms with Crippen LogP contribution in [0.3, 0.4) is 0 Å². The molecule has 1 aromatic heterocycles. The highest BCUT2D eigenvalue weighted by molar-refractivity contribution is 5.57. The Labute approximate surface area is 119 Å². The molecule has 8 heteroatoms. The van der Waals surface area contributed by atoms with Crippen molar-refractivity contribution in [3.63, 3.8) is 0 Å². The van der Waals surface area contributed by atoms with Crippen molar-refractivity contribution in [2.24, 2.45) is 0 Å². The number of nitrogens with zero attached hydrogens (tertiary/aromatic N) is 3. The van der Waals surface area contributed by atoms with Crippen LogP contribution in [0.25, 0.3) is 11.4 Å². The third-order valence-electron chi connectivity index (χ3n) is 2.55. The lowest BCUT2D eigenvalue weighted by atomic mass is 10.2. The fourth-order valence-electron chi connectivity index (χ4n) is 1.55. The normalized spacial score (nSPS) is 10.5. The molecule has 1 N–H and O–H groups in total. The summed E-state index contributed by atoms with van der Waals surface area (Å²) in [4.78, 5) is 11.8. The summed E-state index contributed by atoms with van der Waals surface area (Å²) in [7, 11) is 1.56. The molecule has 0 amide bonds. The van der Waals surface area contributed by atoms with E-state index in [0.29, 0.717) is 6.61 Å². The predicted octanol–water partition coefficient (Wildman–Crippen LogP) is 2.79. The van der Waals surface area contributed by atoms with Crippen LogP contribution >= 0.6 is 0 Å². The maximum absolute atomic E-state index is 13.8. The smallest absolute Gasteiger partial charge is 0.321 e. The molecule has 112 valence electrons. The number of nitrogens with one attached hydrogen (secondary N) is 1. The minimum Gasteiger partial charge on any atom is -0.463 e. The molecule has 0 saturated heterocycles. The first kappa shape index (κ1) is 15.0. The highest BCUT2D eigenvalue weighted by Crippen LogP contribution is 2.25. The zero-order chi connectivity index (χ0) is 15.4. The molecule has 1 heterocycles. The van der Waals surface area contributed by atoms with E-state index in [1.807, 2.05) is 6.92 Å². The SMILES string of the molecule is CCCOc1nc(NC)nc(-c2ccc(F)c(F)c2F)n1. The first-order valence-electron chi connectivity index (χ1n) is 6.27. The number of benzene rings is 1. The van der Waals surface area contributed by atoms with Crippen molar-refractivity contribution in [2.75, 3.05) is 19.0 Å². The van der Waals surface area contributed by atoms with Crippen molar-refractivity contribution in [3.05, 3.63) is 29.6 Å². The van der Waals surface area contributed by atoms with Crippen LogP contribution in [0.2, 0.25) is 0 Å². The molecular formula is C13H13F3N4O. The van der Waals surface area contributed by atoms with Gasteiger partial charge in [0.15, 0.2) is 23.3 Å². The Morgan fingerprint density at radius 2 is 1.86 bits per heavy atom. The molecule has 0 bridgehead atoms. The molecule has 0 aliphatic rings. The number of hydrogen-bond acceptors (Lipinski definition) is 5. The summed E-state index contributed by atoms with van der Waals surface area (Å²) in [6.07, 6.45) is 0.732. The van der Waals surface area contributed by atoms with E-state index < -0.39 is 17.5 Å². The van der Waals surface area contributed by atoms with Gasteiger partial charge in [-0.1, -0.05) is 6.92 Å². The second-order valence-electron chi connectivity index (χ2n) is 4.09. The van der Waals surface area contributed by atoms with Gasteiger partial charge < -0.3 is 10.1 Å². The van der Waals surface area contributed by atoms with Crippen LogP contribution in [0.1, 0.15) is 13.3 Å². The van der Waals surface area contributed by atoms with Crippen molar-refractivity contribution in [1.29, 1.82) is 0 Å². The number of ether oxygens (including phenoxy) is 1. The van der Waals surface area contributed by atoms with Gasteiger partial charge in [-0.25, -0.2) is 13.2 Å². The minimum absolute atomic E-state index is 0.0182. The highest BCUT2D eigenvalue weighted by Gasteiger charge is 2.18. The Hall–Kier alpha value is -2.38. The van der Waals surface area contributed by atoms with Crippen LogP contribution in [0.5, 0.6) is 6.01 Å². The van der Waals surface area contributed by atoms with Crippen molar-refractivity contribution in [1.82, 2.24) is 15.0 Å². The summed E-state index contributed by atoms with van der Waals surface area (Å²) in [6, 6.07) is 1.85. The topological polar surface area (TPSA) is 59.9 Å². The fourth-order valence-corrected chi connectivity index (χ4v) is 1.55. The lowest BCUT2D eigenvalue weighted by molar-refractivity contribution is 0.292. The average molecular weight is 298 g/mol. The van der Waals surface area contributed by atoms with Gasteiger partial charge in [-0.15, -0.1) is 0 Å². The van der Waals surface area contributed by atoms with E-state index in [0.717, 1.165) is 18.6 Å². The van der Waals surface area contributed by atoms with E-state index in [1.54, 1.807) is 7.05 Å². The number of anilines is 1. The quantitative estimate of drug-likeness (QED) is 0.860. The molecular weight excluding hydrogens is 285 g/mol. The molecule has 0 radical (unpaired) electrons. The molecule has 21 heavy (non-hydrogen) atoms. The summed E-state index contributed by atoms with van der Waals surface area (Å²) < 4.78 is 45.3. The standard InChI is InChI=1S/C13H13F3N4O/c1-3-6-21-13-19-11(18-12(17-2)20-13)7-4-5-8(14)10(16)9(7)15/h4-5H,3,6H2,1-2H3,(H,17,18,19,20). The molecule has 0 aliphatic carbocycles. The molecule has 0 atom stereocenters. The van der Waals surface area contributed by atoms with Gasteiger partial charge in [0.2, 0.25) is 5.95 Å². The van der Waals surface area contributed by atoms with Crippen LogP contribution < -0.4 is 10.1 Å². The van der Waals surface area contributed by atoms with Gasteiger partial charge >= 0.3 is 6.01 Å². The summed E-state index contributed by atoms with van der Waals surface area (Å²) >= 11 is 0. The Kier molecular flexibility index (Phi) is 4.56. The van der Waals surface area contributed by atoms with Gasteiger partial charge in [0.05, 0.1) is 12.2 Å². The Bertz CT molecular complexity index is 652. The van der Waals surface area contributed by atoms with E-state index in [1.165, 1.54) is 0 Å². The maximum Gasteiger partial charge on any atom is 0.321 e. The molecule has 0 saturated carbocycles. The number of hydrogen-bond donors (Lipinski definition) is 1. The molecule has 0 fully saturated rings. The van der Waals surface area contributed by atoms with Gasteiger partial charge in [0.1, 0.15) is 0 Å². The van der Waals surface area contributed by atoms with Gasteiger partial charge in [-0.2, -0.15) is 15.0 Å². The average Bonchev–Trinajstić information content (AvgIpc) is 2.50. The molecule has 0 aliphatic heterocycles. The molecule has 1 aromatic carbocycles. The number of aromatic nitrogens is 3. The summed E-state index contributed by atoms with van der Waals surface area (Å²) in [5, 5.41) is 2.67. The van der Waals surface area contributed by atoms with E-state index in [2.05, 4.69) is 20.3 Å². The second kappa shape index (κ2) is 6.38. The lowest BCUT2D eigenvalue weighted by Gasteiger charge is -2.08. The Morgan fingerprint density at radius 1 is 1.10 bits per heavy atom. The Balaban J connectivity index is 2.50.